The van der Waals surface area contributed by atoms with E-state index in [1.807, 2.05) is 30.3 Å². The van der Waals surface area contributed by atoms with E-state index < -0.39 is 19.8 Å². The summed E-state index contributed by atoms with van der Waals surface area (Å²) in [7, 11) is 0.524. The smallest absolute Gasteiger partial charge is 0.305 e. The Kier molecular flexibility index (Phi) is 9.94. The van der Waals surface area contributed by atoms with Crippen molar-refractivity contribution in [2.75, 3.05) is 50.3 Å². The number of carbonyl (C=O) groups excluding carboxylic acids is 4. The Morgan fingerprint density at radius 2 is 1.82 bits per heavy atom. The molecule has 0 radical (unpaired) electrons. The van der Waals surface area contributed by atoms with Crippen LogP contribution in [0.25, 0.3) is 0 Å². The number of β-lactam (4-membered cyclic amide) rings is 1. The van der Waals surface area contributed by atoms with Crippen LogP contribution in [0.2, 0.25) is 18.6 Å². The molecule has 11 nitrogen and oxygen atoms in total. The van der Waals surface area contributed by atoms with Crippen LogP contribution in [0, 0.1) is 5.92 Å². The van der Waals surface area contributed by atoms with E-state index in [9.17, 15) is 24.3 Å². The van der Waals surface area contributed by atoms with Crippen molar-refractivity contribution >= 4 is 48.3 Å². The number of ether oxygens (including phenoxy) is 3. The first kappa shape index (κ1) is 35.1. The van der Waals surface area contributed by atoms with Crippen molar-refractivity contribution in [3.05, 3.63) is 48.0 Å². The van der Waals surface area contributed by atoms with Gasteiger partial charge in [-0.1, -0.05) is 37.3 Å². The zero-order chi connectivity index (χ0) is 35.1. The van der Waals surface area contributed by atoms with Crippen LogP contribution in [0.5, 0.6) is 5.75 Å². The molecule has 1 spiro atoms. The van der Waals surface area contributed by atoms with Gasteiger partial charge in [0, 0.05) is 49.6 Å². The number of likely N-dealkylation sites (tertiary alicyclic amines) is 1. The third kappa shape index (κ3) is 6.05. The lowest BCUT2D eigenvalue weighted by Gasteiger charge is -2.37. The van der Waals surface area contributed by atoms with Crippen LogP contribution < -0.4 is 19.7 Å². The average molecular weight is 692 g/mol. The molecule has 0 aliphatic carbocycles. The van der Waals surface area contributed by atoms with Gasteiger partial charge in [-0.25, -0.2) is 0 Å². The number of aliphatic hydroxyl groups excluding tert-OH is 1. The van der Waals surface area contributed by atoms with E-state index in [4.69, 9.17) is 14.2 Å². The SMILES string of the molecule is COC(=O)CCCCN1C(=O)[C@]2(O[C@H](CC(=O)N3CCC[C@H]3CO)[C@@H]([Si](C)(C)c3ccc(OC)cc3)[C@@H]2C)c2cc(N3CCC3=O)ccc21. The Hall–Kier alpha value is -3.74. The zero-order valence-electron chi connectivity index (χ0n) is 29.3. The predicted molar refractivity (Wildman–Crippen MR) is 188 cm³/mol. The minimum atomic E-state index is -2.48. The van der Waals surface area contributed by atoms with E-state index in [0.717, 1.165) is 35.5 Å². The fraction of sp³-hybridized carbons (Fsp3) is 0.568. The van der Waals surface area contributed by atoms with Crippen molar-refractivity contribution in [2.24, 2.45) is 5.92 Å². The molecule has 0 aromatic heterocycles. The molecular formula is C37H49N3O8Si. The third-order valence-corrected chi connectivity index (χ3v) is 15.9. The zero-order valence-corrected chi connectivity index (χ0v) is 30.3. The number of unbranched alkanes of at least 4 members (excludes halogenated alkanes) is 1. The summed E-state index contributed by atoms with van der Waals surface area (Å²) in [6.45, 7) is 8.17. The summed E-state index contributed by atoms with van der Waals surface area (Å²) >= 11 is 0. The van der Waals surface area contributed by atoms with E-state index in [-0.39, 0.29) is 60.6 Å². The van der Waals surface area contributed by atoms with Gasteiger partial charge in [0.25, 0.3) is 5.91 Å². The highest BCUT2D eigenvalue weighted by atomic mass is 28.3. The molecule has 5 atom stereocenters. The predicted octanol–water partition coefficient (Wildman–Crippen LogP) is 3.71. The summed E-state index contributed by atoms with van der Waals surface area (Å²) in [5, 5.41) is 11.2. The Morgan fingerprint density at radius 1 is 1.06 bits per heavy atom. The van der Waals surface area contributed by atoms with Crippen LogP contribution in [-0.2, 0) is 34.3 Å². The number of amides is 3. The standard InChI is InChI=1S/C37H49N3O8Si/c1-24-35(49(4,5)28-14-12-27(46-2)13-15-28)31(22-33(43)38-19-8-9-26(38)23-41)48-37(24)29-21-25(39-20-17-32(39)42)11-16-30(29)40(36(37)45)18-7-6-10-34(44)47-3/h11-16,21,24,26,31,35,41H,6-10,17-20,22-23H2,1-5H3/t24-,26-,31+,35-,37+/m0/s1. The Morgan fingerprint density at radius 3 is 2.45 bits per heavy atom. The molecular weight excluding hydrogens is 643 g/mol. The summed E-state index contributed by atoms with van der Waals surface area (Å²) in [6, 6.07) is 13.6. The number of fused-ring (bicyclic) bond motifs is 2. The third-order valence-electron chi connectivity index (χ3n) is 11.5. The van der Waals surface area contributed by atoms with Gasteiger partial charge in [0.15, 0.2) is 5.60 Å². The van der Waals surface area contributed by atoms with Gasteiger partial charge in [0.05, 0.1) is 53.2 Å². The minimum Gasteiger partial charge on any atom is -0.497 e. The number of rotatable bonds is 12. The monoisotopic (exact) mass is 691 g/mol. The lowest BCUT2D eigenvalue weighted by molar-refractivity contribution is -0.150. The van der Waals surface area contributed by atoms with Gasteiger partial charge in [-0.2, -0.15) is 0 Å². The lowest BCUT2D eigenvalue weighted by Crippen LogP contribution is -2.52. The number of benzene rings is 2. The molecule has 12 heteroatoms. The molecule has 2 aromatic rings. The maximum absolute atomic E-state index is 15.0. The molecule has 4 heterocycles. The summed E-state index contributed by atoms with van der Waals surface area (Å²) in [4.78, 5) is 58.6. The van der Waals surface area contributed by atoms with E-state index in [1.165, 1.54) is 12.3 Å². The molecule has 2 aromatic carbocycles. The molecule has 4 aliphatic rings. The summed E-state index contributed by atoms with van der Waals surface area (Å²) < 4.78 is 17.4. The van der Waals surface area contributed by atoms with Crippen molar-refractivity contribution in [1.29, 1.82) is 0 Å². The molecule has 49 heavy (non-hydrogen) atoms. The Balaban J connectivity index is 1.42. The maximum Gasteiger partial charge on any atom is 0.305 e. The van der Waals surface area contributed by atoms with Crippen LogP contribution >= 0.6 is 0 Å². The van der Waals surface area contributed by atoms with Crippen LogP contribution in [-0.4, -0.2) is 94.4 Å². The van der Waals surface area contributed by atoms with Crippen molar-refractivity contribution in [2.45, 2.75) is 88.3 Å². The molecule has 6 rings (SSSR count). The second-order valence-corrected chi connectivity index (χ2v) is 19.1. The van der Waals surface area contributed by atoms with Crippen LogP contribution in [0.3, 0.4) is 0 Å². The highest BCUT2D eigenvalue weighted by Crippen LogP contribution is 2.60. The van der Waals surface area contributed by atoms with Crippen LogP contribution in [0.1, 0.15) is 57.4 Å². The van der Waals surface area contributed by atoms with Gasteiger partial charge in [-0.3, -0.25) is 19.2 Å². The number of carbonyl (C=O) groups is 4. The summed E-state index contributed by atoms with van der Waals surface area (Å²) in [6.07, 6.45) is 3.05. The second kappa shape index (κ2) is 13.9. The topological polar surface area (TPSA) is 126 Å². The first-order chi connectivity index (χ1) is 23.5. The quantitative estimate of drug-likeness (QED) is 0.155. The van der Waals surface area contributed by atoms with Crippen molar-refractivity contribution < 1.29 is 38.5 Å². The first-order valence-corrected chi connectivity index (χ1v) is 20.6. The van der Waals surface area contributed by atoms with Gasteiger partial charge in [0.1, 0.15) is 5.75 Å². The Labute approximate surface area is 289 Å². The number of anilines is 2. The lowest BCUT2D eigenvalue weighted by atomic mass is 9.82. The van der Waals surface area contributed by atoms with E-state index in [0.29, 0.717) is 38.9 Å². The molecule has 3 fully saturated rings. The Bertz CT molecular complexity index is 1600. The fourth-order valence-electron chi connectivity index (χ4n) is 8.76. The highest BCUT2D eigenvalue weighted by molar-refractivity contribution is 6.91. The first-order valence-electron chi connectivity index (χ1n) is 17.5. The van der Waals surface area contributed by atoms with Gasteiger partial charge in [0.2, 0.25) is 11.8 Å². The molecule has 0 saturated carbocycles. The van der Waals surface area contributed by atoms with Crippen molar-refractivity contribution in [3.63, 3.8) is 0 Å². The molecule has 0 unspecified atom stereocenters. The normalized spacial score (nSPS) is 26.4. The fourth-order valence-corrected chi connectivity index (χ4v) is 12.8. The van der Waals surface area contributed by atoms with Crippen LogP contribution in [0.4, 0.5) is 11.4 Å². The number of nitrogens with zero attached hydrogens (tertiary/aromatic N) is 3. The highest BCUT2D eigenvalue weighted by Gasteiger charge is 2.66. The summed E-state index contributed by atoms with van der Waals surface area (Å²) in [5.41, 5.74) is 0.696. The van der Waals surface area contributed by atoms with Gasteiger partial charge in [-0.05, 0) is 61.6 Å². The summed E-state index contributed by atoms with van der Waals surface area (Å²) in [5.74, 6) is -0.0440. The maximum atomic E-state index is 15.0. The number of methoxy groups -OCH3 is 2. The number of hydrogen-bond acceptors (Lipinski definition) is 8. The van der Waals surface area contributed by atoms with Gasteiger partial charge < -0.3 is 34.0 Å². The molecule has 4 aliphatic heterocycles. The molecule has 3 saturated heterocycles. The number of esters is 1. The van der Waals surface area contributed by atoms with Gasteiger partial charge in [-0.15, -0.1) is 0 Å². The van der Waals surface area contributed by atoms with Crippen LogP contribution in [0.15, 0.2) is 42.5 Å². The van der Waals surface area contributed by atoms with Crippen molar-refractivity contribution in [3.8, 4) is 5.75 Å². The molecule has 1 N–H and O–H groups in total. The number of aliphatic hydroxyl groups is 1. The number of hydrogen-bond donors (Lipinski definition) is 1. The van der Waals surface area contributed by atoms with Crippen molar-refractivity contribution in [1.82, 2.24) is 4.90 Å². The van der Waals surface area contributed by atoms with Gasteiger partial charge >= 0.3 is 5.97 Å². The minimum absolute atomic E-state index is 0.0387. The molecule has 264 valence electrons. The van der Waals surface area contributed by atoms with E-state index >= 15 is 0 Å². The average Bonchev–Trinajstić information content (AvgIpc) is 3.76. The largest absolute Gasteiger partial charge is 0.497 e. The molecule has 0 bridgehead atoms. The van der Waals surface area contributed by atoms with E-state index in [2.05, 4.69) is 32.2 Å². The second-order valence-electron chi connectivity index (χ2n) is 14.4. The van der Waals surface area contributed by atoms with E-state index in [1.54, 1.807) is 21.8 Å². The molecule has 3 amide bonds.